The monoisotopic (exact) mass is 403 g/mol. The normalized spacial score (nSPS) is 19.0. The SMILES string of the molecule is COc1ccc(-c2[nH]nc3c2C2(C(=O)Nc4ccc(F)cc42)C(C#N)=C(N)O3)cc1. The summed E-state index contributed by atoms with van der Waals surface area (Å²) in [5.41, 5.74) is 6.22. The number of nitriles is 1. The van der Waals surface area contributed by atoms with Crippen LogP contribution in [0.4, 0.5) is 10.1 Å². The Kier molecular flexibility index (Phi) is 3.60. The first-order valence-electron chi connectivity index (χ1n) is 8.93. The minimum atomic E-state index is -1.70. The zero-order valence-corrected chi connectivity index (χ0v) is 15.6. The maximum absolute atomic E-state index is 14.2. The Hall–Kier alpha value is -4.32. The van der Waals surface area contributed by atoms with Crippen LogP contribution >= 0.6 is 0 Å². The lowest BCUT2D eigenvalue weighted by Crippen LogP contribution is -2.42. The number of aromatic amines is 1. The molecule has 1 aromatic heterocycles. The minimum absolute atomic E-state index is 0.0459. The number of carbonyl (C=O) groups is 1. The van der Waals surface area contributed by atoms with E-state index in [0.717, 1.165) is 0 Å². The number of nitrogens with two attached hydrogens (primary N) is 1. The van der Waals surface area contributed by atoms with Crippen molar-refractivity contribution in [3.05, 3.63) is 70.9 Å². The van der Waals surface area contributed by atoms with E-state index in [4.69, 9.17) is 15.2 Å². The molecule has 0 aliphatic carbocycles. The average molecular weight is 403 g/mol. The van der Waals surface area contributed by atoms with Crippen molar-refractivity contribution in [2.75, 3.05) is 12.4 Å². The van der Waals surface area contributed by atoms with Crippen LogP contribution in [0.5, 0.6) is 11.6 Å². The minimum Gasteiger partial charge on any atom is -0.497 e. The number of nitrogens with zero attached hydrogens (tertiary/aromatic N) is 2. The first-order chi connectivity index (χ1) is 14.5. The number of amides is 1. The maximum Gasteiger partial charge on any atom is 0.245 e. The molecule has 0 fully saturated rings. The van der Waals surface area contributed by atoms with Gasteiger partial charge in [-0.15, -0.1) is 5.10 Å². The van der Waals surface area contributed by atoms with Crippen molar-refractivity contribution >= 4 is 11.6 Å². The number of H-pyrrole nitrogens is 1. The molecule has 148 valence electrons. The lowest BCUT2D eigenvalue weighted by atomic mass is 9.68. The standard InChI is InChI=1S/C21H14FN5O3/c1-29-12-5-2-10(3-6-12)17-16-19(27-26-17)30-18(24)14(9-23)21(16)13-8-11(22)4-7-15(13)25-20(21)28/h2-8H,24H2,1H3,(H,25,28)(H,26,27). The topological polar surface area (TPSA) is 126 Å². The molecule has 3 aromatic rings. The predicted molar refractivity (Wildman–Crippen MR) is 104 cm³/mol. The zero-order valence-electron chi connectivity index (χ0n) is 15.6. The van der Waals surface area contributed by atoms with E-state index in [9.17, 15) is 14.4 Å². The number of nitrogens with one attached hydrogen (secondary N) is 2. The molecule has 0 saturated carbocycles. The Bertz CT molecular complexity index is 1290. The number of benzene rings is 2. The van der Waals surface area contributed by atoms with Gasteiger partial charge in [0.05, 0.1) is 18.4 Å². The summed E-state index contributed by atoms with van der Waals surface area (Å²) in [4.78, 5) is 13.4. The number of halogens is 1. The molecule has 1 spiro atoms. The second-order valence-electron chi connectivity index (χ2n) is 6.85. The molecule has 2 aliphatic rings. The first-order valence-corrected chi connectivity index (χ1v) is 8.93. The molecule has 1 amide bonds. The molecular formula is C21H14FN5O3. The van der Waals surface area contributed by atoms with Crippen LogP contribution in [0.3, 0.4) is 0 Å². The molecule has 9 heteroatoms. The fourth-order valence-electron chi connectivity index (χ4n) is 4.09. The van der Waals surface area contributed by atoms with Crippen LogP contribution in [-0.4, -0.2) is 23.2 Å². The van der Waals surface area contributed by atoms with E-state index in [0.29, 0.717) is 28.3 Å². The van der Waals surface area contributed by atoms with Gasteiger partial charge in [0.25, 0.3) is 0 Å². The van der Waals surface area contributed by atoms with Gasteiger partial charge in [0.1, 0.15) is 28.6 Å². The van der Waals surface area contributed by atoms with Gasteiger partial charge in [0.2, 0.25) is 17.7 Å². The van der Waals surface area contributed by atoms with Crippen LogP contribution in [0.1, 0.15) is 11.1 Å². The Morgan fingerprint density at radius 2 is 2.03 bits per heavy atom. The summed E-state index contributed by atoms with van der Waals surface area (Å²) < 4.78 is 25.0. The molecule has 3 heterocycles. The fourth-order valence-corrected chi connectivity index (χ4v) is 4.09. The van der Waals surface area contributed by atoms with Crippen LogP contribution in [0.15, 0.2) is 53.9 Å². The highest BCUT2D eigenvalue weighted by molar-refractivity contribution is 6.13. The van der Waals surface area contributed by atoms with E-state index in [1.807, 2.05) is 6.07 Å². The van der Waals surface area contributed by atoms with Crippen molar-refractivity contribution < 1.29 is 18.7 Å². The predicted octanol–water partition coefficient (Wildman–Crippen LogP) is 2.55. The summed E-state index contributed by atoms with van der Waals surface area (Å²) in [6.45, 7) is 0. The van der Waals surface area contributed by atoms with Crippen molar-refractivity contribution in [3.8, 4) is 29.0 Å². The van der Waals surface area contributed by atoms with E-state index in [1.165, 1.54) is 18.2 Å². The Morgan fingerprint density at radius 1 is 1.27 bits per heavy atom. The van der Waals surface area contributed by atoms with Crippen LogP contribution in [0.25, 0.3) is 11.3 Å². The molecule has 0 bridgehead atoms. The van der Waals surface area contributed by atoms with Gasteiger partial charge in [-0.25, -0.2) is 4.39 Å². The van der Waals surface area contributed by atoms with Crippen molar-refractivity contribution in [1.29, 1.82) is 5.26 Å². The second-order valence-corrected chi connectivity index (χ2v) is 6.85. The molecule has 2 aliphatic heterocycles. The van der Waals surface area contributed by atoms with Crippen molar-refractivity contribution in [3.63, 3.8) is 0 Å². The molecule has 4 N–H and O–H groups in total. The number of rotatable bonds is 2. The third-order valence-corrected chi connectivity index (χ3v) is 5.40. The second kappa shape index (κ2) is 6.09. The number of fused-ring (bicyclic) bond motifs is 4. The number of hydrogen-bond donors (Lipinski definition) is 3. The van der Waals surface area contributed by atoms with Gasteiger partial charge in [-0.3, -0.25) is 9.89 Å². The molecule has 8 nitrogen and oxygen atoms in total. The average Bonchev–Trinajstić information content (AvgIpc) is 3.28. The van der Waals surface area contributed by atoms with Gasteiger partial charge in [-0.1, -0.05) is 0 Å². The number of carbonyl (C=O) groups excluding carboxylic acids is 1. The van der Waals surface area contributed by atoms with Gasteiger partial charge >= 0.3 is 0 Å². The molecule has 1 unspecified atom stereocenters. The van der Waals surface area contributed by atoms with Crippen molar-refractivity contribution in [1.82, 2.24) is 10.2 Å². The van der Waals surface area contributed by atoms with Crippen LogP contribution in [0.2, 0.25) is 0 Å². The molecule has 2 aromatic carbocycles. The fraction of sp³-hybridized carbons (Fsp3) is 0.0952. The third-order valence-electron chi connectivity index (χ3n) is 5.40. The zero-order chi connectivity index (χ0) is 21.0. The number of hydrogen-bond acceptors (Lipinski definition) is 6. The highest BCUT2D eigenvalue weighted by atomic mass is 19.1. The Labute approximate surface area is 169 Å². The first kappa shape index (κ1) is 17.8. The van der Waals surface area contributed by atoms with Crippen molar-refractivity contribution in [2.45, 2.75) is 5.41 Å². The van der Waals surface area contributed by atoms with Gasteiger partial charge < -0.3 is 20.5 Å². The van der Waals surface area contributed by atoms with Crippen LogP contribution in [-0.2, 0) is 10.2 Å². The number of methoxy groups -OCH3 is 1. The third kappa shape index (κ3) is 2.13. The van der Waals surface area contributed by atoms with Gasteiger partial charge in [-0.05, 0) is 42.5 Å². The summed E-state index contributed by atoms with van der Waals surface area (Å²) in [5.74, 6) is -0.660. The number of ether oxygens (including phenoxy) is 2. The van der Waals surface area contributed by atoms with E-state index in [-0.39, 0.29) is 22.9 Å². The molecule has 0 saturated heterocycles. The maximum atomic E-state index is 14.2. The van der Waals surface area contributed by atoms with Crippen LogP contribution in [0, 0.1) is 17.1 Å². The summed E-state index contributed by atoms with van der Waals surface area (Å²) in [7, 11) is 1.55. The Morgan fingerprint density at radius 3 is 2.73 bits per heavy atom. The van der Waals surface area contributed by atoms with E-state index >= 15 is 0 Å². The smallest absolute Gasteiger partial charge is 0.245 e. The highest BCUT2D eigenvalue weighted by Gasteiger charge is 2.58. The number of anilines is 1. The molecular weight excluding hydrogens is 389 g/mol. The van der Waals surface area contributed by atoms with E-state index in [1.54, 1.807) is 31.4 Å². The Balaban J connectivity index is 1.86. The largest absolute Gasteiger partial charge is 0.497 e. The summed E-state index contributed by atoms with van der Waals surface area (Å²) in [6.07, 6.45) is 0. The van der Waals surface area contributed by atoms with E-state index < -0.39 is 17.1 Å². The molecule has 0 radical (unpaired) electrons. The number of aromatic nitrogens is 2. The highest BCUT2D eigenvalue weighted by Crippen LogP contribution is 2.55. The quantitative estimate of drug-likeness (QED) is 0.604. The van der Waals surface area contributed by atoms with E-state index in [2.05, 4.69) is 15.5 Å². The van der Waals surface area contributed by atoms with Crippen LogP contribution < -0.4 is 20.5 Å². The summed E-state index contributed by atoms with van der Waals surface area (Å²) in [6, 6.07) is 12.9. The van der Waals surface area contributed by atoms with Gasteiger partial charge in [-0.2, -0.15) is 5.26 Å². The van der Waals surface area contributed by atoms with Gasteiger partial charge in [0, 0.05) is 16.8 Å². The lowest BCUT2D eigenvalue weighted by molar-refractivity contribution is -0.118. The lowest BCUT2D eigenvalue weighted by Gasteiger charge is -2.31. The summed E-state index contributed by atoms with van der Waals surface area (Å²) >= 11 is 0. The van der Waals surface area contributed by atoms with Gasteiger partial charge in [0.15, 0.2) is 0 Å². The van der Waals surface area contributed by atoms with Crippen molar-refractivity contribution in [2.24, 2.45) is 5.73 Å². The molecule has 1 atom stereocenters. The molecule has 5 rings (SSSR count). The summed E-state index contributed by atoms with van der Waals surface area (Å²) in [5, 5.41) is 19.7. The molecule has 30 heavy (non-hydrogen) atoms.